The van der Waals surface area contributed by atoms with Crippen LogP contribution in [0.5, 0.6) is 0 Å². The highest BCUT2D eigenvalue weighted by Crippen LogP contribution is 2.59. The van der Waals surface area contributed by atoms with Gasteiger partial charge in [0.2, 0.25) is 0 Å². The summed E-state index contributed by atoms with van der Waals surface area (Å²) < 4.78 is 5.33. The lowest BCUT2D eigenvalue weighted by molar-refractivity contribution is -0.158. The van der Waals surface area contributed by atoms with Crippen molar-refractivity contribution in [1.82, 2.24) is 0 Å². The van der Waals surface area contributed by atoms with Gasteiger partial charge in [-0.25, -0.2) is 0 Å². The molecule has 0 aromatic heterocycles. The molecule has 0 amide bonds. The highest BCUT2D eigenvalue weighted by atomic mass is 16.5. The van der Waals surface area contributed by atoms with Gasteiger partial charge in [0, 0.05) is 12.8 Å². The second-order valence-electron chi connectivity index (χ2n) is 5.20. The molecule has 0 aromatic carbocycles. The van der Waals surface area contributed by atoms with Crippen LogP contribution in [0.4, 0.5) is 0 Å². The van der Waals surface area contributed by atoms with Crippen LogP contribution in [0.3, 0.4) is 0 Å². The molecule has 1 fully saturated rings. The first-order valence-corrected chi connectivity index (χ1v) is 5.28. The fourth-order valence-corrected chi connectivity index (χ4v) is 3.09. The maximum Gasteiger partial charge on any atom is 0.303 e. The lowest BCUT2D eigenvalue weighted by atomic mass is 9.48. The lowest BCUT2D eigenvalue weighted by Gasteiger charge is -2.58. The summed E-state index contributed by atoms with van der Waals surface area (Å²) >= 11 is 0. The summed E-state index contributed by atoms with van der Waals surface area (Å²) in [7, 11) is 0. The van der Waals surface area contributed by atoms with Crippen molar-refractivity contribution in [1.29, 1.82) is 0 Å². The first-order chi connectivity index (χ1) is 6.43. The molecule has 3 atom stereocenters. The summed E-state index contributed by atoms with van der Waals surface area (Å²) in [4.78, 5) is 10.9. The van der Waals surface area contributed by atoms with Crippen LogP contribution in [-0.4, -0.2) is 12.1 Å². The normalized spacial score (nSPS) is 38.3. The van der Waals surface area contributed by atoms with Crippen LogP contribution in [0.15, 0.2) is 11.6 Å². The SMILES string of the molecule is CC(=O)OC1C=C(C)C2CC1C2(C)C. The van der Waals surface area contributed by atoms with Crippen molar-refractivity contribution in [2.45, 2.75) is 40.2 Å². The van der Waals surface area contributed by atoms with E-state index in [0.717, 1.165) is 0 Å². The zero-order valence-electron chi connectivity index (χ0n) is 9.33. The van der Waals surface area contributed by atoms with E-state index in [0.29, 0.717) is 17.3 Å². The second-order valence-corrected chi connectivity index (χ2v) is 5.20. The molecule has 0 aliphatic heterocycles. The van der Waals surface area contributed by atoms with E-state index in [9.17, 15) is 4.79 Å². The quantitative estimate of drug-likeness (QED) is 0.473. The van der Waals surface area contributed by atoms with Crippen LogP contribution in [0.1, 0.15) is 34.1 Å². The zero-order valence-corrected chi connectivity index (χ0v) is 9.33. The molecule has 1 saturated carbocycles. The Morgan fingerprint density at radius 1 is 1.57 bits per heavy atom. The van der Waals surface area contributed by atoms with Crippen LogP contribution >= 0.6 is 0 Å². The molecule has 2 bridgehead atoms. The average molecular weight is 194 g/mol. The van der Waals surface area contributed by atoms with Crippen molar-refractivity contribution >= 4 is 5.97 Å². The zero-order chi connectivity index (χ0) is 10.5. The number of carbonyl (C=O) groups is 1. The molecule has 14 heavy (non-hydrogen) atoms. The van der Waals surface area contributed by atoms with E-state index in [1.807, 2.05) is 0 Å². The summed E-state index contributed by atoms with van der Waals surface area (Å²) in [5, 5.41) is 0. The van der Waals surface area contributed by atoms with Crippen molar-refractivity contribution in [3.63, 3.8) is 0 Å². The van der Waals surface area contributed by atoms with Crippen molar-refractivity contribution in [2.24, 2.45) is 17.3 Å². The standard InChI is InChI=1S/C12H18O2/c1-7-5-11(14-8(2)13)10-6-9(7)12(10,3)4/h5,9-11H,6H2,1-4H3. The Labute approximate surface area is 85.3 Å². The Morgan fingerprint density at radius 3 is 2.64 bits per heavy atom. The maximum absolute atomic E-state index is 10.9. The largest absolute Gasteiger partial charge is 0.458 e. The molecule has 78 valence electrons. The predicted molar refractivity (Wildman–Crippen MR) is 54.7 cm³/mol. The lowest BCUT2D eigenvalue weighted by Crippen LogP contribution is -2.54. The van der Waals surface area contributed by atoms with Crippen LogP contribution in [0.2, 0.25) is 0 Å². The van der Waals surface area contributed by atoms with E-state index < -0.39 is 0 Å². The highest BCUT2D eigenvalue weighted by molar-refractivity contribution is 5.66. The summed E-state index contributed by atoms with van der Waals surface area (Å²) in [6.07, 6.45) is 3.34. The first-order valence-electron chi connectivity index (χ1n) is 5.28. The van der Waals surface area contributed by atoms with Gasteiger partial charge in [0.25, 0.3) is 0 Å². The molecule has 0 spiro atoms. The minimum absolute atomic E-state index is 0.0208. The van der Waals surface area contributed by atoms with Gasteiger partial charge in [-0.15, -0.1) is 0 Å². The number of carbonyl (C=O) groups excluding carboxylic acids is 1. The Hall–Kier alpha value is -0.790. The number of ether oxygens (including phenoxy) is 1. The molecule has 3 aliphatic rings. The van der Waals surface area contributed by atoms with Crippen LogP contribution in [0, 0.1) is 17.3 Å². The molecule has 0 aromatic rings. The molecule has 2 heteroatoms. The number of hydrogen-bond acceptors (Lipinski definition) is 2. The van der Waals surface area contributed by atoms with Crippen LogP contribution < -0.4 is 0 Å². The average Bonchev–Trinajstić information content (AvgIpc) is 2.00. The van der Waals surface area contributed by atoms with Crippen molar-refractivity contribution in [2.75, 3.05) is 0 Å². The van der Waals surface area contributed by atoms with Crippen LogP contribution in [0.25, 0.3) is 0 Å². The monoisotopic (exact) mass is 194 g/mol. The van der Waals surface area contributed by atoms with E-state index in [1.165, 1.54) is 18.9 Å². The van der Waals surface area contributed by atoms with Gasteiger partial charge in [0.15, 0.2) is 0 Å². The third kappa shape index (κ3) is 1.20. The summed E-state index contributed by atoms with van der Waals surface area (Å²) in [5.41, 5.74) is 1.71. The molecule has 0 saturated heterocycles. The Morgan fingerprint density at radius 2 is 2.21 bits per heavy atom. The second kappa shape index (κ2) is 2.85. The Kier molecular flexibility index (Phi) is 1.98. The molecule has 0 radical (unpaired) electrons. The summed E-state index contributed by atoms with van der Waals surface area (Å²) in [5.74, 6) is 1.07. The van der Waals surface area contributed by atoms with Crippen molar-refractivity contribution < 1.29 is 9.53 Å². The van der Waals surface area contributed by atoms with Crippen LogP contribution in [-0.2, 0) is 9.53 Å². The van der Waals surface area contributed by atoms with E-state index in [2.05, 4.69) is 26.8 Å². The number of rotatable bonds is 1. The van der Waals surface area contributed by atoms with Gasteiger partial charge in [0.05, 0.1) is 0 Å². The fraction of sp³-hybridized carbons (Fsp3) is 0.750. The number of esters is 1. The molecule has 2 nitrogen and oxygen atoms in total. The van der Waals surface area contributed by atoms with E-state index in [1.54, 1.807) is 0 Å². The number of hydrogen-bond donors (Lipinski definition) is 0. The molecule has 3 aliphatic carbocycles. The molecule has 0 heterocycles. The van der Waals surface area contributed by atoms with Crippen molar-refractivity contribution in [3.8, 4) is 0 Å². The predicted octanol–water partition coefficient (Wildman–Crippen LogP) is 2.54. The molecular formula is C12H18O2. The fourth-order valence-electron chi connectivity index (χ4n) is 3.09. The van der Waals surface area contributed by atoms with E-state index >= 15 is 0 Å². The van der Waals surface area contributed by atoms with Gasteiger partial charge in [-0.3, -0.25) is 4.79 Å². The molecule has 0 N–H and O–H groups in total. The number of allylic oxidation sites excluding steroid dienone is 1. The molecule has 3 rings (SSSR count). The highest BCUT2D eigenvalue weighted by Gasteiger charge is 2.55. The third-order valence-electron chi connectivity index (χ3n) is 4.02. The minimum atomic E-state index is -0.166. The first kappa shape index (κ1) is 9.75. The summed E-state index contributed by atoms with van der Waals surface area (Å²) in [6, 6.07) is 0. The van der Waals surface area contributed by atoms with Gasteiger partial charge < -0.3 is 4.74 Å². The van der Waals surface area contributed by atoms with Gasteiger partial charge in [-0.2, -0.15) is 0 Å². The minimum Gasteiger partial charge on any atom is -0.458 e. The Balaban J connectivity index is 2.21. The van der Waals surface area contributed by atoms with Gasteiger partial charge in [-0.05, 0) is 30.8 Å². The van der Waals surface area contributed by atoms with Gasteiger partial charge in [0.1, 0.15) is 6.10 Å². The smallest absolute Gasteiger partial charge is 0.303 e. The maximum atomic E-state index is 10.9. The van der Waals surface area contributed by atoms with E-state index in [-0.39, 0.29) is 12.1 Å². The van der Waals surface area contributed by atoms with Gasteiger partial charge in [-0.1, -0.05) is 19.4 Å². The van der Waals surface area contributed by atoms with E-state index in [4.69, 9.17) is 4.74 Å². The van der Waals surface area contributed by atoms with Gasteiger partial charge >= 0.3 is 5.97 Å². The summed E-state index contributed by atoms with van der Waals surface area (Å²) in [6.45, 7) is 8.19. The topological polar surface area (TPSA) is 26.3 Å². The molecular weight excluding hydrogens is 176 g/mol. The Bertz CT molecular complexity index is 301. The van der Waals surface area contributed by atoms with Crippen molar-refractivity contribution in [3.05, 3.63) is 11.6 Å². The third-order valence-corrected chi connectivity index (χ3v) is 4.02. The number of fused-ring (bicyclic) bond motifs is 1. The molecule has 3 unspecified atom stereocenters.